The highest BCUT2D eigenvalue weighted by atomic mass is 35.5. The van der Waals surface area contributed by atoms with Gasteiger partial charge in [0.25, 0.3) is 0 Å². The van der Waals surface area contributed by atoms with Crippen molar-refractivity contribution in [1.82, 2.24) is 15.2 Å². The fourth-order valence-corrected chi connectivity index (χ4v) is 2.93. The molecule has 2 N–H and O–H groups in total. The Bertz CT molecular complexity index is 888. The van der Waals surface area contributed by atoms with Gasteiger partial charge in [0.1, 0.15) is 12.9 Å². The van der Waals surface area contributed by atoms with Crippen molar-refractivity contribution in [3.05, 3.63) is 62.9 Å². The Labute approximate surface area is 165 Å². The van der Waals surface area contributed by atoms with Crippen LogP contribution in [0.2, 0.25) is 15.1 Å². The van der Waals surface area contributed by atoms with Crippen molar-refractivity contribution in [2.75, 3.05) is 12.4 Å². The Morgan fingerprint density at radius 2 is 1.85 bits per heavy atom. The third kappa shape index (κ3) is 4.52. The maximum atomic E-state index is 6.37. The summed E-state index contributed by atoms with van der Waals surface area (Å²) in [6.45, 7) is 0.714. The molecule has 6 nitrogen and oxygen atoms in total. The summed E-state index contributed by atoms with van der Waals surface area (Å²) >= 11 is 18.4. The number of nitrogens with one attached hydrogen (secondary N) is 2. The number of nitrogens with zero attached hydrogens (tertiary/aromatic N) is 2. The summed E-state index contributed by atoms with van der Waals surface area (Å²) < 4.78 is 11.2. The number of hydrogen-bond donors (Lipinski definition) is 2. The Kier molecular flexibility index (Phi) is 6.08. The smallest absolute Gasteiger partial charge is 0.218 e. The first-order valence-corrected chi connectivity index (χ1v) is 8.72. The molecule has 136 valence electrons. The van der Waals surface area contributed by atoms with E-state index in [2.05, 4.69) is 20.5 Å². The molecule has 0 aliphatic rings. The molecule has 3 aromatic rings. The van der Waals surface area contributed by atoms with E-state index in [9.17, 15) is 0 Å². The van der Waals surface area contributed by atoms with Crippen LogP contribution < -0.4 is 14.8 Å². The summed E-state index contributed by atoms with van der Waals surface area (Å²) in [6.07, 6.45) is 1.42. The Hall–Kier alpha value is -2.15. The van der Waals surface area contributed by atoms with Gasteiger partial charge in [-0.2, -0.15) is 5.10 Å². The molecule has 0 unspecified atom stereocenters. The molecule has 0 atom stereocenters. The Balaban J connectivity index is 1.73. The summed E-state index contributed by atoms with van der Waals surface area (Å²) in [6, 6.07) is 8.76. The van der Waals surface area contributed by atoms with Crippen molar-refractivity contribution in [3.8, 4) is 11.5 Å². The van der Waals surface area contributed by atoms with Crippen LogP contribution in [0.15, 0.2) is 36.7 Å². The highest BCUT2D eigenvalue weighted by Gasteiger charge is 2.12. The van der Waals surface area contributed by atoms with Gasteiger partial charge in [-0.05, 0) is 23.8 Å². The van der Waals surface area contributed by atoms with Gasteiger partial charge < -0.3 is 14.8 Å². The van der Waals surface area contributed by atoms with Crippen LogP contribution in [0.4, 0.5) is 5.95 Å². The number of H-pyrrole nitrogens is 1. The van der Waals surface area contributed by atoms with E-state index in [0.717, 1.165) is 11.1 Å². The van der Waals surface area contributed by atoms with Gasteiger partial charge in [0.2, 0.25) is 5.95 Å². The molecule has 0 fully saturated rings. The number of rotatable bonds is 7. The van der Waals surface area contributed by atoms with E-state index in [1.807, 2.05) is 12.1 Å². The monoisotopic (exact) mass is 412 g/mol. The van der Waals surface area contributed by atoms with Crippen LogP contribution >= 0.6 is 34.8 Å². The molecule has 3 rings (SSSR count). The molecule has 0 amide bonds. The summed E-state index contributed by atoms with van der Waals surface area (Å²) in [5.74, 6) is 1.64. The molecule has 1 aromatic heterocycles. The number of aromatic nitrogens is 3. The molecule has 26 heavy (non-hydrogen) atoms. The molecule has 2 aromatic carbocycles. The van der Waals surface area contributed by atoms with Gasteiger partial charge in [-0.25, -0.2) is 10.1 Å². The molecule has 0 radical (unpaired) electrons. The third-order valence-electron chi connectivity index (χ3n) is 3.59. The van der Waals surface area contributed by atoms with Gasteiger partial charge >= 0.3 is 0 Å². The second-order valence-electron chi connectivity index (χ2n) is 5.31. The zero-order valence-corrected chi connectivity index (χ0v) is 16.0. The van der Waals surface area contributed by atoms with Gasteiger partial charge in [-0.1, -0.05) is 40.9 Å². The van der Waals surface area contributed by atoms with Crippen LogP contribution in [0, 0.1) is 0 Å². The van der Waals surface area contributed by atoms with Crippen LogP contribution in [0.25, 0.3) is 0 Å². The van der Waals surface area contributed by atoms with Crippen LogP contribution in [-0.2, 0) is 13.2 Å². The number of hydrogen-bond acceptors (Lipinski definition) is 5. The number of halogens is 3. The van der Waals surface area contributed by atoms with Crippen LogP contribution in [0.3, 0.4) is 0 Å². The predicted octanol–water partition coefficient (Wildman–Crippen LogP) is 4.96. The predicted molar refractivity (Wildman–Crippen MR) is 103 cm³/mol. The average molecular weight is 414 g/mol. The molecule has 0 saturated heterocycles. The maximum Gasteiger partial charge on any atom is 0.218 e. The lowest BCUT2D eigenvalue weighted by Gasteiger charge is -2.14. The van der Waals surface area contributed by atoms with Crippen molar-refractivity contribution in [3.63, 3.8) is 0 Å². The quantitative estimate of drug-likeness (QED) is 0.572. The van der Waals surface area contributed by atoms with Gasteiger partial charge in [-0.15, -0.1) is 0 Å². The van der Waals surface area contributed by atoms with Crippen molar-refractivity contribution in [1.29, 1.82) is 0 Å². The average Bonchev–Trinajstić information content (AvgIpc) is 3.13. The van der Waals surface area contributed by atoms with E-state index in [1.165, 1.54) is 6.33 Å². The summed E-state index contributed by atoms with van der Waals surface area (Å²) in [7, 11) is 1.57. The molecule has 1 heterocycles. The first kappa shape index (κ1) is 18.6. The van der Waals surface area contributed by atoms with Gasteiger partial charge in [0, 0.05) is 33.2 Å². The zero-order valence-electron chi connectivity index (χ0n) is 13.7. The Morgan fingerprint density at radius 1 is 1.04 bits per heavy atom. The van der Waals surface area contributed by atoms with E-state index in [4.69, 9.17) is 44.3 Å². The van der Waals surface area contributed by atoms with E-state index in [-0.39, 0.29) is 6.61 Å². The lowest BCUT2D eigenvalue weighted by atomic mass is 10.2. The van der Waals surface area contributed by atoms with E-state index < -0.39 is 0 Å². The highest BCUT2D eigenvalue weighted by molar-refractivity contribution is 6.35. The van der Waals surface area contributed by atoms with Gasteiger partial charge in [-0.3, -0.25) is 0 Å². The van der Waals surface area contributed by atoms with Crippen molar-refractivity contribution < 1.29 is 9.47 Å². The SMILES string of the molecule is COc1cc(CNc2ncn[nH]2)c(Cl)cc1OCc1ccc(Cl)cc1Cl. The second kappa shape index (κ2) is 8.49. The minimum absolute atomic E-state index is 0.262. The zero-order chi connectivity index (χ0) is 18.5. The molecular weight excluding hydrogens is 399 g/mol. The molecule has 0 saturated carbocycles. The van der Waals surface area contributed by atoms with Crippen LogP contribution in [0.1, 0.15) is 11.1 Å². The van der Waals surface area contributed by atoms with Gasteiger partial charge in [0.15, 0.2) is 11.5 Å². The number of benzene rings is 2. The normalized spacial score (nSPS) is 10.6. The van der Waals surface area contributed by atoms with Crippen molar-refractivity contribution >= 4 is 40.8 Å². The van der Waals surface area contributed by atoms with E-state index in [1.54, 1.807) is 25.3 Å². The third-order valence-corrected chi connectivity index (χ3v) is 4.53. The molecule has 0 aliphatic carbocycles. The van der Waals surface area contributed by atoms with Crippen LogP contribution in [-0.4, -0.2) is 22.3 Å². The first-order valence-electron chi connectivity index (χ1n) is 7.59. The summed E-state index contributed by atoms with van der Waals surface area (Å²) in [5.41, 5.74) is 1.64. The fraction of sp³-hybridized carbons (Fsp3) is 0.176. The number of ether oxygens (including phenoxy) is 2. The van der Waals surface area contributed by atoms with Crippen molar-refractivity contribution in [2.24, 2.45) is 0 Å². The van der Waals surface area contributed by atoms with Crippen molar-refractivity contribution in [2.45, 2.75) is 13.2 Å². The topological polar surface area (TPSA) is 72.1 Å². The Morgan fingerprint density at radius 3 is 2.54 bits per heavy atom. The number of aromatic amines is 1. The molecule has 9 heteroatoms. The molecule has 0 aliphatic heterocycles. The molecular formula is C17H15Cl3N4O2. The van der Waals surface area contributed by atoms with Gasteiger partial charge in [0.05, 0.1) is 7.11 Å². The number of methoxy groups -OCH3 is 1. The highest BCUT2D eigenvalue weighted by Crippen LogP contribution is 2.34. The van der Waals surface area contributed by atoms with Crippen LogP contribution in [0.5, 0.6) is 11.5 Å². The minimum atomic E-state index is 0.262. The van der Waals surface area contributed by atoms with E-state index in [0.29, 0.717) is 39.1 Å². The number of anilines is 1. The second-order valence-corrected chi connectivity index (χ2v) is 6.56. The fourth-order valence-electron chi connectivity index (χ4n) is 2.25. The lowest BCUT2D eigenvalue weighted by molar-refractivity contribution is 0.284. The maximum absolute atomic E-state index is 6.37. The minimum Gasteiger partial charge on any atom is -0.493 e. The summed E-state index contributed by atoms with van der Waals surface area (Å²) in [5, 5.41) is 11.2. The largest absolute Gasteiger partial charge is 0.493 e. The van der Waals surface area contributed by atoms with E-state index >= 15 is 0 Å². The molecule has 0 spiro atoms. The first-order chi connectivity index (χ1) is 12.6. The lowest BCUT2D eigenvalue weighted by Crippen LogP contribution is -2.04. The summed E-state index contributed by atoms with van der Waals surface area (Å²) in [4.78, 5) is 4.00. The standard InChI is InChI=1S/C17H15Cl3N4O2/c1-25-15-4-11(7-21-17-22-9-23-24-17)14(20)6-16(15)26-8-10-2-3-12(18)5-13(10)19/h2-6,9H,7-8H2,1H3,(H2,21,22,23,24). The molecule has 0 bridgehead atoms.